The normalized spacial score (nSPS) is 12.7. The minimum Gasteiger partial charge on any atom is -0.494 e. The molecule has 0 radical (unpaired) electrons. The summed E-state index contributed by atoms with van der Waals surface area (Å²) in [5.74, 6) is 0.640. The van der Waals surface area contributed by atoms with Crippen molar-refractivity contribution in [3.63, 3.8) is 0 Å². The monoisotopic (exact) mass is 424 g/mol. The molecule has 0 aliphatic rings. The maximum Gasteiger partial charge on any atom is 0.242 e. The van der Waals surface area contributed by atoms with Crippen LogP contribution in [-0.2, 0) is 16.1 Å². The first kappa shape index (κ1) is 24.4. The number of benzene rings is 2. The number of rotatable bonds is 11. The molecule has 0 heterocycles. The van der Waals surface area contributed by atoms with Gasteiger partial charge in [-0.15, -0.1) is 0 Å². The van der Waals surface area contributed by atoms with Crippen molar-refractivity contribution in [2.24, 2.45) is 0 Å². The Bertz CT molecular complexity index is 831. The molecule has 0 spiro atoms. The van der Waals surface area contributed by atoms with Crippen LogP contribution in [0, 0.1) is 13.8 Å². The minimum absolute atomic E-state index is 0.0418. The summed E-state index contributed by atoms with van der Waals surface area (Å²) < 4.78 is 5.75. The molecule has 2 rings (SSSR count). The molecule has 1 N–H and O–H groups in total. The van der Waals surface area contributed by atoms with Gasteiger partial charge in [-0.25, -0.2) is 0 Å². The lowest BCUT2D eigenvalue weighted by atomic mass is 10.1. The fourth-order valence-electron chi connectivity index (χ4n) is 3.13. The van der Waals surface area contributed by atoms with Crippen LogP contribution >= 0.6 is 0 Å². The molecular formula is C26H36N2O3. The van der Waals surface area contributed by atoms with E-state index in [-0.39, 0.29) is 17.9 Å². The van der Waals surface area contributed by atoms with Crippen LogP contribution in [0.2, 0.25) is 0 Å². The molecule has 2 aromatic rings. The highest BCUT2D eigenvalue weighted by Crippen LogP contribution is 2.15. The topological polar surface area (TPSA) is 58.6 Å². The fourth-order valence-corrected chi connectivity index (χ4v) is 3.13. The highest BCUT2D eigenvalue weighted by Gasteiger charge is 2.26. The van der Waals surface area contributed by atoms with Crippen molar-refractivity contribution < 1.29 is 14.3 Å². The lowest BCUT2D eigenvalue weighted by molar-refractivity contribution is -0.141. The number of hydrogen-bond donors (Lipinski definition) is 1. The molecular weight excluding hydrogens is 388 g/mol. The molecule has 5 heteroatoms. The zero-order chi connectivity index (χ0) is 22.8. The quantitative estimate of drug-likeness (QED) is 0.528. The molecule has 2 atom stereocenters. The van der Waals surface area contributed by atoms with E-state index in [1.54, 1.807) is 11.8 Å². The first-order chi connectivity index (χ1) is 14.8. The van der Waals surface area contributed by atoms with Crippen molar-refractivity contribution in [2.45, 2.75) is 72.5 Å². The first-order valence-corrected chi connectivity index (χ1v) is 11.1. The van der Waals surface area contributed by atoms with Gasteiger partial charge in [0.05, 0.1) is 6.61 Å². The summed E-state index contributed by atoms with van der Waals surface area (Å²) in [6.45, 7) is 10.7. The van der Waals surface area contributed by atoms with Crippen LogP contribution in [0.5, 0.6) is 5.75 Å². The predicted octanol–water partition coefficient (Wildman–Crippen LogP) is 4.79. The molecule has 0 fully saturated rings. The molecule has 0 saturated heterocycles. The van der Waals surface area contributed by atoms with E-state index in [0.717, 1.165) is 23.3 Å². The third kappa shape index (κ3) is 8.08. The molecule has 2 amide bonds. The van der Waals surface area contributed by atoms with Gasteiger partial charge in [0.25, 0.3) is 0 Å². The number of ether oxygens (including phenoxy) is 1. The lowest BCUT2D eigenvalue weighted by Crippen LogP contribution is -2.49. The van der Waals surface area contributed by atoms with E-state index >= 15 is 0 Å². The van der Waals surface area contributed by atoms with Gasteiger partial charge in [-0.3, -0.25) is 9.59 Å². The Balaban J connectivity index is 1.99. The van der Waals surface area contributed by atoms with Crippen molar-refractivity contribution in [2.75, 3.05) is 6.61 Å². The Morgan fingerprint density at radius 1 is 0.968 bits per heavy atom. The summed E-state index contributed by atoms with van der Waals surface area (Å²) in [7, 11) is 0. The summed E-state index contributed by atoms with van der Waals surface area (Å²) >= 11 is 0. The van der Waals surface area contributed by atoms with Gasteiger partial charge in [-0.05, 0) is 58.2 Å². The van der Waals surface area contributed by atoms with Gasteiger partial charge in [0.2, 0.25) is 11.8 Å². The molecule has 5 nitrogen and oxygen atoms in total. The maximum absolute atomic E-state index is 13.1. The molecule has 0 aromatic heterocycles. The average molecular weight is 425 g/mol. The molecule has 0 unspecified atom stereocenters. The number of carbonyl (C=O) groups is 2. The Hall–Kier alpha value is -2.82. The van der Waals surface area contributed by atoms with Crippen LogP contribution in [0.25, 0.3) is 0 Å². The summed E-state index contributed by atoms with van der Waals surface area (Å²) in [5.41, 5.74) is 3.36. The molecule has 168 valence electrons. The maximum atomic E-state index is 13.1. The molecule has 0 saturated carbocycles. The Morgan fingerprint density at radius 3 is 2.13 bits per heavy atom. The molecule has 31 heavy (non-hydrogen) atoms. The molecule has 2 aromatic carbocycles. The Kier molecular flexibility index (Phi) is 9.57. The van der Waals surface area contributed by atoms with Crippen molar-refractivity contribution in [3.05, 3.63) is 65.2 Å². The van der Waals surface area contributed by atoms with Gasteiger partial charge in [0.1, 0.15) is 11.8 Å². The highest BCUT2D eigenvalue weighted by atomic mass is 16.5. The van der Waals surface area contributed by atoms with Crippen LogP contribution in [0.4, 0.5) is 0 Å². The number of amides is 2. The smallest absolute Gasteiger partial charge is 0.242 e. The van der Waals surface area contributed by atoms with Crippen LogP contribution < -0.4 is 10.1 Å². The van der Waals surface area contributed by atoms with E-state index in [0.29, 0.717) is 26.0 Å². The van der Waals surface area contributed by atoms with E-state index in [1.807, 2.05) is 76.2 Å². The van der Waals surface area contributed by atoms with Gasteiger partial charge < -0.3 is 15.0 Å². The number of carbonyl (C=O) groups excluding carboxylic acids is 2. The van der Waals surface area contributed by atoms with Gasteiger partial charge in [0, 0.05) is 19.0 Å². The summed E-state index contributed by atoms with van der Waals surface area (Å²) in [5, 5.41) is 3.00. The van der Waals surface area contributed by atoms with Crippen LogP contribution in [0.3, 0.4) is 0 Å². The van der Waals surface area contributed by atoms with Crippen molar-refractivity contribution in [1.82, 2.24) is 10.2 Å². The zero-order valence-electron chi connectivity index (χ0n) is 19.5. The van der Waals surface area contributed by atoms with Crippen molar-refractivity contribution in [3.8, 4) is 5.75 Å². The van der Waals surface area contributed by atoms with E-state index in [2.05, 4.69) is 5.32 Å². The fraction of sp³-hybridized carbons (Fsp3) is 0.462. The second-order valence-corrected chi connectivity index (χ2v) is 8.27. The van der Waals surface area contributed by atoms with Gasteiger partial charge >= 0.3 is 0 Å². The summed E-state index contributed by atoms with van der Waals surface area (Å²) in [4.78, 5) is 27.5. The second kappa shape index (κ2) is 12.1. The van der Waals surface area contributed by atoms with Crippen molar-refractivity contribution in [1.29, 1.82) is 0 Å². The van der Waals surface area contributed by atoms with Gasteiger partial charge in [-0.2, -0.15) is 0 Å². The SMILES string of the molecule is CC[C@H](C)NC(=O)[C@@H](C)N(Cc1ccc(C)cc1)C(=O)CCCOc1ccc(C)cc1. The zero-order valence-corrected chi connectivity index (χ0v) is 19.5. The standard InChI is InChI=1S/C26H36N2O3/c1-6-21(4)27-26(30)22(5)28(18-23-13-9-19(2)10-14-23)25(29)8-7-17-31-24-15-11-20(3)12-16-24/h9-16,21-22H,6-8,17-18H2,1-5H3,(H,27,30)/t21-,22+/m0/s1. The third-order valence-electron chi connectivity index (χ3n) is 5.47. The van der Waals surface area contributed by atoms with Gasteiger partial charge in [-0.1, -0.05) is 54.4 Å². The minimum atomic E-state index is -0.541. The summed E-state index contributed by atoms with van der Waals surface area (Å²) in [6.07, 6.45) is 1.77. The molecule has 0 aliphatic carbocycles. The number of aryl methyl sites for hydroxylation is 2. The summed E-state index contributed by atoms with van der Waals surface area (Å²) in [6, 6.07) is 15.5. The van der Waals surface area contributed by atoms with Gasteiger partial charge in [0.15, 0.2) is 0 Å². The predicted molar refractivity (Wildman–Crippen MR) is 125 cm³/mol. The Labute approximate surface area is 186 Å². The number of hydrogen-bond acceptors (Lipinski definition) is 3. The van der Waals surface area contributed by atoms with E-state index in [4.69, 9.17) is 4.74 Å². The highest BCUT2D eigenvalue weighted by molar-refractivity contribution is 5.87. The number of nitrogens with zero attached hydrogens (tertiary/aromatic N) is 1. The van der Waals surface area contributed by atoms with Crippen LogP contribution in [0.15, 0.2) is 48.5 Å². The molecule has 0 aliphatic heterocycles. The number of nitrogens with one attached hydrogen (secondary N) is 1. The van der Waals surface area contributed by atoms with E-state index in [1.165, 1.54) is 5.56 Å². The Morgan fingerprint density at radius 2 is 1.55 bits per heavy atom. The van der Waals surface area contributed by atoms with E-state index < -0.39 is 6.04 Å². The van der Waals surface area contributed by atoms with E-state index in [9.17, 15) is 9.59 Å². The van der Waals surface area contributed by atoms with Crippen LogP contribution in [-0.4, -0.2) is 35.4 Å². The van der Waals surface area contributed by atoms with Crippen molar-refractivity contribution >= 4 is 11.8 Å². The third-order valence-corrected chi connectivity index (χ3v) is 5.47. The second-order valence-electron chi connectivity index (χ2n) is 8.27. The largest absolute Gasteiger partial charge is 0.494 e. The first-order valence-electron chi connectivity index (χ1n) is 11.1. The molecule has 0 bridgehead atoms. The lowest BCUT2D eigenvalue weighted by Gasteiger charge is -2.30. The van der Waals surface area contributed by atoms with Crippen LogP contribution in [0.1, 0.15) is 56.7 Å². The average Bonchev–Trinajstić information content (AvgIpc) is 2.76.